The third kappa shape index (κ3) is 25.0. The standard InChI is InChI=1S/C51H82N2.Ni/c1-6-11-14-15-16-17-18-19-20-21-22-23-24-25-26-27-28-29-30-31-32-36-45-37-33-38-48(42-45)52-50(39-12-7-2)51(40-13-8-3)53-49-43-46(34-9-4)41-47(44-49)35-10-5;/h12,32-33,36-39,41-44H,6-11,13-31,34-35,40H2,1-5H3;. The first-order valence-electron chi connectivity index (χ1n) is 22.9. The number of rotatable bonds is 33. The van der Waals surface area contributed by atoms with Crippen molar-refractivity contribution < 1.29 is 16.5 Å². The fourth-order valence-corrected chi connectivity index (χ4v) is 7.24. The maximum Gasteiger partial charge on any atom is 0.0848 e. The van der Waals surface area contributed by atoms with Crippen LogP contribution in [0, 0.1) is 0 Å². The molecule has 0 spiro atoms. The predicted molar refractivity (Wildman–Crippen MR) is 241 cm³/mol. The molecule has 54 heavy (non-hydrogen) atoms. The van der Waals surface area contributed by atoms with Gasteiger partial charge in [0.2, 0.25) is 0 Å². The van der Waals surface area contributed by atoms with Crippen molar-refractivity contribution in [3.63, 3.8) is 0 Å². The van der Waals surface area contributed by atoms with Crippen molar-refractivity contribution in [2.75, 3.05) is 0 Å². The summed E-state index contributed by atoms with van der Waals surface area (Å²) in [6, 6.07) is 15.7. The number of nitrogens with zero attached hydrogens (tertiary/aromatic N) is 2. The zero-order valence-corrected chi connectivity index (χ0v) is 36.8. The monoisotopic (exact) mass is 781 g/mol. The molecule has 0 bridgehead atoms. The molecule has 2 nitrogen and oxygen atoms in total. The van der Waals surface area contributed by atoms with Gasteiger partial charge in [0.05, 0.1) is 22.8 Å². The largest absolute Gasteiger partial charge is 0.251 e. The minimum Gasteiger partial charge on any atom is -0.251 e. The number of allylic oxidation sites excluding steroid dienone is 3. The van der Waals surface area contributed by atoms with Crippen molar-refractivity contribution in [1.29, 1.82) is 0 Å². The van der Waals surface area contributed by atoms with Gasteiger partial charge in [-0.1, -0.05) is 206 Å². The Bertz CT molecular complexity index is 1280. The van der Waals surface area contributed by atoms with Crippen molar-refractivity contribution in [1.82, 2.24) is 0 Å². The number of unbranched alkanes of at least 4 members (excludes halogenated alkanes) is 20. The van der Waals surface area contributed by atoms with Crippen LogP contribution in [0.2, 0.25) is 0 Å². The molecular weight excluding hydrogens is 699 g/mol. The third-order valence-electron chi connectivity index (χ3n) is 10.4. The van der Waals surface area contributed by atoms with Gasteiger partial charge in [-0.3, -0.25) is 4.99 Å². The Morgan fingerprint density at radius 3 is 1.52 bits per heavy atom. The van der Waals surface area contributed by atoms with Gasteiger partial charge in [-0.05, 0) is 92.0 Å². The van der Waals surface area contributed by atoms with E-state index in [2.05, 4.69) is 101 Å². The summed E-state index contributed by atoms with van der Waals surface area (Å²) in [5, 5.41) is 0. The molecule has 2 aromatic carbocycles. The smallest absolute Gasteiger partial charge is 0.0848 e. The summed E-state index contributed by atoms with van der Waals surface area (Å²) in [5.41, 5.74) is 8.19. The second-order valence-electron chi connectivity index (χ2n) is 15.6. The van der Waals surface area contributed by atoms with Crippen molar-refractivity contribution in [3.05, 3.63) is 77.4 Å². The average Bonchev–Trinajstić information content (AvgIpc) is 3.16. The Morgan fingerprint density at radius 1 is 0.500 bits per heavy atom. The van der Waals surface area contributed by atoms with Crippen LogP contribution in [-0.2, 0) is 29.3 Å². The fourth-order valence-electron chi connectivity index (χ4n) is 7.24. The van der Waals surface area contributed by atoms with E-state index >= 15 is 0 Å². The summed E-state index contributed by atoms with van der Waals surface area (Å²) in [4.78, 5) is 10.5. The van der Waals surface area contributed by atoms with E-state index in [0.717, 1.165) is 80.6 Å². The van der Waals surface area contributed by atoms with Crippen molar-refractivity contribution >= 4 is 28.9 Å². The molecule has 306 valence electrons. The predicted octanol–water partition coefficient (Wildman–Crippen LogP) is 17.4. The first-order valence-corrected chi connectivity index (χ1v) is 22.9. The molecule has 0 aromatic heterocycles. The second-order valence-corrected chi connectivity index (χ2v) is 15.6. The molecule has 0 heterocycles. The minimum absolute atomic E-state index is 0. The van der Waals surface area contributed by atoms with Crippen LogP contribution in [0.15, 0.2) is 70.7 Å². The number of benzene rings is 2. The number of hydrogen-bond donors (Lipinski definition) is 0. The maximum atomic E-state index is 5.31. The topological polar surface area (TPSA) is 24.7 Å². The molecule has 0 amide bonds. The molecule has 0 aliphatic carbocycles. The quantitative estimate of drug-likeness (QED) is 0.0391. The van der Waals surface area contributed by atoms with Gasteiger partial charge in [0.25, 0.3) is 0 Å². The van der Waals surface area contributed by atoms with Crippen LogP contribution in [0.4, 0.5) is 11.4 Å². The van der Waals surface area contributed by atoms with Crippen LogP contribution in [0.1, 0.15) is 218 Å². The molecule has 0 radical (unpaired) electrons. The van der Waals surface area contributed by atoms with Crippen LogP contribution in [-0.4, -0.2) is 11.4 Å². The van der Waals surface area contributed by atoms with E-state index in [0.29, 0.717) is 0 Å². The summed E-state index contributed by atoms with van der Waals surface area (Å²) >= 11 is 0. The van der Waals surface area contributed by atoms with Crippen molar-refractivity contribution in [2.24, 2.45) is 9.98 Å². The molecule has 2 aromatic rings. The Hall–Kier alpha value is -2.25. The Morgan fingerprint density at radius 2 is 1.02 bits per heavy atom. The molecule has 0 saturated heterocycles. The Labute approximate surface area is 345 Å². The average molecular weight is 782 g/mol. The van der Waals surface area contributed by atoms with Gasteiger partial charge in [0, 0.05) is 16.5 Å². The van der Waals surface area contributed by atoms with E-state index in [1.807, 2.05) is 0 Å². The first-order chi connectivity index (χ1) is 26.1. The van der Waals surface area contributed by atoms with Gasteiger partial charge < -0.3 is 0 Å². The maximum absolute atomic E-state index is 5.31. The Kier molecular flexibility index (Phi) is 32.4. The molecule has 0 N–H and O–H groups in total. The molecule has 0 saturated carbocycles. The van der Waals surface area contributed by atoms with Crippen LogP contribution in [0.25, 0.3) is 6.08 Å². The first kappa shape index (κ1) is 49.8. The van der Waals surface area contributed by atoms with E-state index in [9.17, 15) is 0 Å². The van der Waals surface area contributed by atoms with E-state index < -0.39 is 0 Å². The zero-order chi connectivity index (χ0) is 38.0. The van der Waals surface area contributed by atoms with Crippen LogP contribution < -0.4 is 0 Å². The zero-order valence-electron chi connectivity index (χ0n) is 35.9. The number of aryl methyl sites for hydroxylation is 2. The van der Waals surface area contributed by atoms with Crippen molar-refractivity contribution in [3.8, 4) is 0 Å². The molecule has 0 fully saturated rings. The van der Waals surface area contributed by atoms with E-state index in [4.69, 9.17) is 9.98 Å². The third-order valence-corrected chi connectivity index (χ3v) is 10.4. The second kappa shape index (κ2) is 35.2. The van der Waals surface area contributed by atoms with Crippen LogP contribution >= 0.6 is 0 Å². The normalized spacial score (nSPS) is 12.3. The summed E-state index contributed by atoms with van der Waals surface area (Å²) in [5.74, 6) is 0. The van der Waals surface area contributed by atoms with E-state index in [-0.39, 0.29) is 16.5 Å². The molecule has 0 unspecified atom stereocenters. The van der Waals surface area contributed by atoms with E-state index in [1.54, 1.807) is 0 Å². The van der Waals surface area contributed by atoms with Crippen LogP contribution in [0.5, 0.6) is 0 Å². The molecular formula is C51H82N2Ni. The number of aliphatic imine (C=N–C) groups is 2. The molecule has 3 heteroatoms. The van der Waals surface area contributed by atoms with Gasteiger partial charge in [-0.25, -0.2) is 4.99 Å². The van der Waals surface area contributed by atoms with Gasteiger partial charge in [-0.2, -0.15) is 0 Å². The van der Waals surface area contributed by atoms with Gasteiger partial charge in [0.15, 0.2) is 0 Å². The summed E-state index contributed by atoms with van der Waals surface area (Å²) in [7, 11) is 0. The van der Waals surface area contributed by atoms with Gasteiger partial charge in [-0.15, -0.1) is 0 Å². The Balaban J connectivity index is 0.0000146. The molecule has 0 aliphatic heterocycles. The minimum atomic E-state index is 0. The summed E-state index contributed by atoms with van der Waals surface area (Å²) < 4.78 is 0. The van der Waals surface area contributed by atoms with Gasteiger partial charge >= 0.3 is 0 Å². The summed E-state index contributed by atoms with van der Waals surface area (Å²) in [6.45, 7) is 11.3. The molecule has 2 rings (SSSR count). The van der Waals surface area contributed by atoms with Crippen LogP contribution in [0.3, 0.4) is 0 Å². The molecule has 0 atom stereocenters. The van der Waals surface area contributed by atoms with Crippen molar-refractivity contribution in [2.45, 2.75) is 214 Å². The molecule has 0 aliphatic rings. The fraction of sp³-hybridized carbons (Fsp3) is 0.647. The van der Waals surface area contributed by atoms with Gasteiger partial charge in [0.1, 0.15) is 0 Å². The summed E-state index contributed by atoms with van der Waals surface area (Å²) in [6.07, 6.45) is 46.0. The SMILES string of the molecule is CCC=CC(=Nc1cccc(C=CCCCCCCCCCCCCCCCCCCCCC)c1)C(CCCC)=Nc1cc(CCC)cc(CCC)c1.[Ni]. The van der Waals surface area contributed by atoms with E-state index in [1.165, 1.54) is 139 Å². The number of hydrogen-bond acceptors (Lipinski definition) is 2.